The van der Waals surface area contributed by atoms with E-state index in [1.165, 1.54) is 13.8 Å². The van der Waals surface area contributed by atoms with Crippen LogP contribution in [0.25, 0.3) is 0 Å². The summed E-state index contributed by atoms with van der Waals surface area (Å²) in [6.07, 6.45) is 1.20. The van der Waals surface area contributed by atoms with E-state index in [1.54, 1.807) is 34.4 Å². The zero-order valence-electron chi connectivity index (χ0n) is 25.5. The van der Waals surface area contributed by atoms with Crippen LogP contribution in [0.3, 0.4) is 0 Å². The lowest BCUT2D eigenvalue weighted by atomic mass is 9.80. The maximum Gasteiger partial charge on any atom is 0.338 e. The Bertz CT molecular complexity index is 1010. The standard InChI is InChI=1S/C30H44N2O8/c1-19(33)39-31-27(3,4)15-23(16-28(31,5)6)37-25(35)21-11-13-22(14-12-21)26(36)38-24-17-29(7,8)32(40-20(2)34)30(9,10)18-24/h11-14,23-24H,15-18H2,1-10H3. The van der Waals surface area contributed by atoms with E-state index in [4.69, 9.17) is 19.1 Å². The molecule has 2 fully saturated rings. The highest BCUT2D eigenvalue weighted by atomic mass is 16.7. The number of rotatable bonds is 6. The molecule has 1 aromatic carbocycles. The van der Waals surface area contributed by atoms with Gasteiger partial charge < -0.3 is 19.1 Å². The van der Waals surface area contributed by atoms with Gasteiger partial charge in [-0.25, -0.2) is 9.59 Å². The normalized spacial score (nSPS) is 22.6. The van der Waals surface area contributed by atoms with Crippen LogP contribution in [0.2, 0.25) is 0 Å². The number of nitrogens with zero attached hydrogens (tertiary/aromatic N) is 2. The third-order valence-electron chi connectivity index (χ3n) is 7.45. The molecule has 222 valence electrons. The van der Waals surface area contributed by atoms with Crippen molar-refractivity contribution in [2.45, 2.75) is 129 Å². The zero-order chi connectivity index (χ0) is 30.3. The Hall–Kier alpha value is -2.98. The molecule has 1 aromatic rings. The molecule has 0 unspecified atom stereocenters. The fraction of sp³-hybridized carbons (Fsp3) is 0.667. The number of piperidine rings is 2. The lowest BCUT2D eigenvalue weighted by molar-refractivity contribution is -0.274. The van der Waals surface area contributed by atoms with Crippen LogP contribution in [0, 0.1) is 0 Å². The van der Waals surface area contributed by atoms with Gasteiger partial charge in [-0.3, -0.25) is 9.59 Å². The fourth-order valence-electron chi connectivity index (χ4n) is 6.44. The monoisotopic (exact) mass is 560 g/mol. The number of hydroxylamine groups is 4. The van der Waals surface area contributed by atoms with Crippen LogP contribution in [0.4, 0.5) is 0 Å². The van der Waals surface area contributed by atoms with Gasteiger partial charge in [-0.05, 0) is 79.7 Å². The number of carbonyl (C=O) groups excluding carboxylic acids is 4. The highest BCUT2D eigenvalue weighted by Gasteiger charge is 2.50. The molecule has 0 bridgehead atoms. The van der Waals surface area contributed by atoms with Crippen molar-refractivity contribution in [1.29, 1.82) is 0 Å². The van der Waals surface area contributed by atoms with E-state index in [1.807, 2.05) is 55.4 Å². The topological polar surface area (TPSA) is 112 Å². The third kappa shape index (κ3) is 7.20. The summed E-state index contributed by atoms with van der Waals surface area (Å²) in [5.74, 6) is -1.76. The average Bonchev–Trinajstić information content (AvgIpc) is 2.77. The van der Waals surface area contributed by atoms with Crippen LogP contribution < -0.4 is 0 Å². The molecule has 10 nitrogen and oxygen atoms in total. The number of carbonyl (C=O) groups is 4. The molecule has 0 radical (unpaired) electrons. The first-order valence-corrected chi connectivity index (χ1v) is 13.7. The minimum Gasteiger partial charge on any atom is -0.459 e. The van der Waals surface area contributed by atoms with E-state index < -0.39 is 46.0 Å². The average molecular weight is 561 g/mol. The number of ether oxygens (including phenoxy) is 2. The number of hydrogen-bond acceptors (Lipinski definition) is 10. The van der Waals surface area contributed by atoms with Gasteiger partial charge in [0.2, 0.25) is 0 Å². The fourth-order valence-corrected chi connectivity index (χ4v) is 6.44. The molecule has 10 heteroatoms. The molecule has 3 rings (SSSR count). The van der Waals surface area contributed by atoms with Crippen LogP contribution in [0.5, 0.6) is 0 Å². The quantitative estimate of drug-likeness (QED) is 0.441. The van der Waals surface area contributed by atoms with Gasteiger partial charge in [0.05, 0.1) is 33.3 Å². The lowest BCUT2D eigenvalue weighted by Crippen LogP contribution is -2.62. The molecule has 0 amide bonds. The van der Waals surface area contributed by atoms with Gasteiger partial charge >= 0.3 is 23.9 Å². The van der Waals surface area contributed by atoms with Gasteiger partial charge in [0.25, 0.3) is 0 Å². The summed E-state index contributed by atoms with van der Waals surface area (Å²) in [5, 5.41) is 3.38. The van der Waals surface area contributed by atoms with Crippen molar-refractivity contribution in [1.82, 2.24) is 10.1 Å². The Morgan fingerprint density at radius 2 is 0.825 bits per heavy atom. The van der Waals surface area contributed by atoms with E-state index in [2.05, 4.69) is 0 Å². The first kappa shape index (κ1) is 31.5. The number of hydrogen-bond donors (Lipinski definition) is 0. The Kier molecular flexibility index (Phi) is 8.77. The molecule has 0 atom stereocenters. The van der Waals surface area contributed by atoms with E-state index in [9.17, 15) is 19.2 Å². The molecule has 2 aliphatic rings. The Morgan fingerprint density at radius 1 is 0.575 bits per heavy atom. The van der Waals surface area contributed by atoms with E-state index in [-0.39, 0.29) is 12.2 Å². The van der Waals surface area contributed by atoms with Gasteiger partial charge in [-0.2, -0.15) is 0 Å². The second kappa shape index (κ2) is 11.1. The molecular weight excluding hydrogens is 516 g/mol. The van der Waals surface area contributed by atoms with Crippen LogP contribution in [0.1, 0.15) is 116 Å². The highest BCUT2D eigenvalue weighted by Crippen LogP contribution is 2.41. The minimum atomic E-state index is -0.538. The summed E-state index contributed by atoms with van der Waals surface area (Å²) >= 11 is 0. The van der Waals surface area contributed by atoms with Crippen molar-refractivity contribution in [2.75, 3.05) is 0 Å². The molecule has 40 heavy (non-hydrogen) atoms. The summed E-state index contributed by atoms with van der Waals surface area (Å²) in [6, 6.07) is 6.22. The van der Waals surface area contributed by atoms with Crippen molar-refractivity contribution >= 4 is 23.9 Å². The van der Waals surface area contributed by atoms with Crippen molar-refractivity contribution in [2.24, 2.45) is 0 Å². The first-order chi connectivity index (χ1) is 18.2. The molecule has 0 spiro atoms. The Labute approximate surface area is 237 Å². The summed E-state index contributed by atoms with van der Waals surface area (Å²) in [7, 11) is 0. The molecule has 0 aromatic heterocycles. The Balaban J connectivity index is 1.63. The molecule has 2 aliphatic heterocycles. The lowest BCUT2D eigenvalue weighted by Gasteiger charge is -2.52. The van der Waals surface area contributed by atoms with Crippen molar-refractivity contribution < 1.29 is 38.3 Å². The summed E-state index contributed by atoms with van der Waals surface area (Å²) in [4.78, 5) is 60.1. The Morgan fingerprint density at radius 3 is 1.05 bits per heavy atom. The zero-order valence-corrected chi connectivity index (χ0v) is 25.5. The van der Waals surface area contributed by atoms with Crippen LogP contribution >= 0.6 is 0 Å². The van der Waals surface area contributed by atoms with Gasteiger partial charge in [-0.15, -0.1) is 10.1 Å². The maximum absolute atomic E-state index is 13.0. The van der Waals surface area contributed by atoms with Crippen LogP contribution in [-0.4, -0.2) is 68.4 Å². The smallest absolute Gasteiger partial charge is 0.338 e. The van der Waals surface area contributed by atoms with Gasteiger partial charge in [0.15, 0.2) is 0 Å². The van der Waals surface area contributed by atoms with Crippen molar-refractivity contribution in [3.05, 3.63) is 35.4 Å². The predicted octanol–water partition coefficient (Wildman–Crippen LogP) is 5.00. The summed E-state index contributed by atoms with van der Waals surface area (Å²) < 4.78 is 11.7. The van der Waals surface area contributed by atoms with E-state index in [0.29, 0.717) is 36.8 Å². The highest BCUT2D eigenvalue weighted by molar-refractivity contribution is 5.93. The number of benzene rings is 1. The minimum absolute atomic E-state index is 0.325. The molecule has 2 heterocycles. The molecular formula is C30H44N2O8. The summed E-state index contributed by atoms with van der Waals surface area (Å²) in [6.45, 7) is 18.3. The molecule has 0 saturated carbocycles. The van der Waals surface area contributed by atoms with E-state index in [0.717, 1.165) is 0 Å². The predicted molar refractivity (Wildman–Crippen MR) is 147 cm³/mol. The van der Waals surface area contributed by atoms with Crippen molar-refractivity contribution in [3.63, 3.8) is 0 Å². The van der Waals surface area contributed by atoms with Crippen molar-refractivity contribution in [3.8, 4) is 0 Å². The SMILES string of the molecule is CC(=O)ON1C(C)(C)CC(OC(=O)c2ccc(C(=O)OC3CC(C)(C)N(OC(C)=O)C(C)(C)C3)cc2)CC1(C)C. The molecule has 0 aliphatic carbocycles. The van der Waals surface area contributed by atoms with Crippen LogP contribution in [0.15, 0.2) is 24.3 Å². The molecule has 2 saturated heterocycles. The van der Waals surface area contributed by atoms with Crippen LogP contribution in [-0.2, 0) is 28.7 Å². The van der Waals surface area contributed by atoms with Gasteiger partial charge in [0.1, 0.15) is 12.2 Å². The largest absolute Gasteiger partial charge is 0.459 e. The molecule has 0 N–H and O–H groups in total. The second-order valence-corrected chi connectivity index (χ2v) is 13.5. The van der Waals surface area contributed by atoms with E-state index >= 15 is 0 Å². The second-order valence-electron chi connectivity index (χ2n) is 13.5. The first-order valence-electron chi connectivity index (χ1n) is 13.7. The maximum atomic E-state index is 13.0. The number of esters is 2. The van der Waals surface area contributed by atoms with Gasteiger partial charge in [-0.1, -0.05) is 0 Å². The third-order valence-corrected chi connectivity index (χ3v) is 7.45. The summed E-state index contributed by atoms with van der Waals surface area (Å²) in [5.41, 5.74) is -1.50. The van der Waals surface area contributed by atoms with Gasteiger partial charge in [0, 0.05) is 39.5 Å².